The fourth-order valence-corrected chi connectivity index (χ4v) is 8.16. The molecule has 7 rings (SSSR count). The van der Waals surface area contributed by atoms with Gasteiger partial charge < -0.3 is 28.2 Å². The van der Waals surface area contributed by atoms with Crippen LogP contribution in [0.5, 0.6) is 11.5 Å². The van der Waals surface area contributed by atoms with Gasteiger partial charge in [-0.3, -0.25) is 4.79 Å². The zero-order valence-corrected chi connectivity index (χ0v) is 32.2. The molecule has 4 heterocycles. The summed E-state index contributed by atoms with van der Waals surface area (Å²) in [5, 5.41) is 3.27. The molecule has 0 unspecified atom stereocenters. The Morgan fingerprint density at radius 2 is 1.62 bits per heavy atom. The number of methoxy groups -OCH3 is 2. The Morgan fingerprint density at radius 3 is 2.31 bits per heavy atom. The van der Waals surface area contributed by atoms with Gasteiger partial charge in [0.25, 0.3) is 5.91 Å². The molecular formula is C41H43Cl2N5O4. The van der Waals surface area contributed by atoms with Gasteiger partial charge >= 0.3 is 0 Å². The number of amides is 1. The van der Waals surface area contributed by atoms with Gasteiger partial charge in [-0.15, -0.1) is 0 Å². The number of carbonyl (C=O) groups excluding carboxylic acids is 1. The average Bonchev–Trinajstić information content (AvgIpc) is 3.70. The Balaban J connectivity index is 1.38. The van der Waals surface area contributed by atoms with E-state index in [4.69, 9.17) is 37.4 Å². The molecule has 6 aromatic rings. The topological polar surface area (TPSA) is 83.6 Å². The fourth-order valence-electron chi connectivity index (χ4n) is 7.81. The summed E-state index contributed by atoms with van der Waals surface area (Å²) in [7, 11) is 3.36. The summed E-state index contributed by atoms with van der Waals surface area (Å²) in [6.07, 6.45) is 4.91. The van der Waals surface area contributed by atoms with Gasteiger partial charge in [-0.05, 0) is 101 Å². The monoisotopic (exact) mass is 739 g/mol. The Bertz CT molecular complexity index is 2300. The third-order valence-electron chi connectivity index (χ3n) is 10.2. The van der Waals surface area contributed by atoms with Gasteiger partial charge in [0.05, 0.1) is 42.1 Å². The van der Waals surface area contributed by atoms with Crippen molar-refractivity contribution in [1.29, 1.82) is 0 Å². The van der Waals surface area contributed by atoms with Crippen LogP contribution in [-0.2, 0) is 17.7 Å². The molecule has 1 amide bonds. The smallest absolute Gasteiger partial charge is 0.275 e. The third-order valence-corrected chi connectivity index (χ3v) is 11.1. The van der Waals surface area contributed by atoms with Crippen LogP contribution in [0.4, 0.5) is 5.69 Å². The van der Waals surface area contributed by atoms with Crippen molar-refractivity contribution in [2.24, 2.45) is 0 Å². The Kier molecular flexibility index (Phi) is 9.95. The van der Waals surface area contributed by atoms with Gasteiger partial charge in [-0.25, -0.2) is 9.97 Å². The van der Waals surface area contributed by atoms with Gasteiger partial charge in [-0.1, -0.05) is 29.3 Å². The molecule has 0 bridgehead atoms. The van der Waals surface area contributed by atoms with Gasteiger partial charge in [0.2, 0.25) is 0 Å². The van der Waals surface area contributed by atoms with Crippen LogP contribution in [0.3, 0.4) is 0 Å². The molecule has 270 valence electrons. The number of hydrogen-bond acceptors (Lipinski definition) is 6. The van der Waals surface area contributed by atoms with Crippen molar-refractivity contribution in [2.75, 3.05) is 38.9 Å². The lowest BCUT2D eigenvalue weighted by atomic mass is 9.97. The number of benzene rings is 3. The van der Waals surface area contributed by atoms with Crippen LogP contribution in [0.15, 0.2) is 55.0 Å². The highest BCUT2D eigenvalue weighted by molar-refractivity contribution is 6.35. The van der Waals surface area contributed by atoms with E-state index in [0.29, 0.717) is 49.9 Å². The molecular weight excluding hydrogens is 697 g/mol. The number of fused-ring (bicyclic) bond motifs is 4. The van der Waals surface area contributed by atoms with Crippen LogP contribution in [0.1, 0.15) is 58.0 Å². The van der Waals surface area contributed by atoms with E-state index in [0.717, 1.165) is 83.2 Å². The second-order valence-corrected chi connectivity index (χ2v) is 14.4. The largest absolute Gasteiger partial charge is 0.496 e. The summed E-state index contributed by atoms with van der Waals surface area (Å²) < 4.78 is 21.8. The minimum Gasteiger partial charge on any atom is -0.496 e. The third kappa shape index (κ3) is 6.08. The highest BCUT2D eigenvalue weighted by Crippen LogP contribution is 2.46. The lowest BCUT2D eigenvalue weighted by Crippen LogP contribution is -2.43. The minimum absolute atomic E-state index is 0.0695. The molecule has 1 aliphatic heterocycles. The van der Waals surface area contributed by atoms with Crippen LogP contribution < -0.4 is 14.4 Å². The van der Waals surface area contributed by atoms with Crippen LogP contribution in [0.2, 0.25) is 10.0 Å². The molecule has 0 spiro atoms. The van der Waals surface area contributed by atoms with Crippen LogP contribution in [-0.4, -0.2) is 59.0 Å². The number of rotatable bonds is 11. The number of halogens is 2. The first kappa shape index (κ1) is 35.8. The summed E-state index contributed by atoms with van der Waals surface area (Å²) in [4.78, 5) is 26.2. The predicted molar refractivity (Wildman–Crippen MR) is 209 cm³/mol. The van der Waals surface area contributed by atoms with Crippen molar-refractivity contribution >= 4 is 56.6 Å². The Morgan fingerprint density at radius 1 is 0.885 bits per heavy atom. The van der Waals surface area contributed by atoms with Gasteiger partial charge in [0, 0.05) is 70.7 Å². The molecule has 9 nitrogen and oxygen atoms in total. The van der Waals surface area contributed by atoms with E-state index in [9.17, 15) is 0 Å². The SMILES string of the molecule is COCCn1ccc2c(OC)ccc(N3C[C@@H](C)n4c(c(CCCOc5cc(C)c(Cl)c(C)c5)c5ccc(Cl)c(-c6c(C)ncnc6C)c54)C3=O)c21. The molecule has 0 radical (unpaired) electrons. The van der Waals surface area contributed by atoms with E-state index in [1.54, 1.807) is 20.5 Å². The van der Waals surface area contributed by atoms with Crippen LogP contribution in [0, 0.1) is 27.7 Å². The molecule has 0 aliphatic carbocycles. The van der Waals surface area contributed by atoms with Crippen LogP contribution >= 0.6 is 23.2 Å². The maximum Gasteiger partial charge on any atom is 0.275 e. The molecule has 3 aromatic heterocycles. The van der Waals surface area contributed by atoms with Crippen molar-refractivity contribution < 1.29 is 19.0 Å². The van der Waals surface area contributed by atoms with Crippen molar-refractivity contribution in [2.45, 2.75) is 60.0 Å². The molecule has 1 atom stereocenters. The van der Waals surface area contributed by atoms with Crippen molar-refractivity contribution in [3.8, 4) is 22.6 Å². The number of anilines is 1. The lowest BCUT2D eigenvalue weighted by molar-refractivity contribution is 0.0957. The Hall–Kier alpha value is -4.57. The number of aryl methyl sites for hydroxylation is 5. The first-order valence-electron chi connectivity index (χ1n) is 17.6. The summed E-state index contributed by atoms with van der Waals surface area (Å²) >= 11 is 13.5. The van der Waals surface area contributed by atoms with Gasteiger partial charge in [0.1, 0.15) is 23.5 Å². The maximum atomic E-state index is 15.2. The van der Waals surface area contributed by atoms with E-state index < -0.39 is 0 Å². The highest BCUT2D eigenvalue weighted by atomic mass is 35.5. The van der Waals surface area contributed by atoms with Gasteiger partial charge in [-0.2, -0.15) is 0 Å². The number of aromatic nitrogens is 4. The highest BCUT2D eigenvalue weighted by Gasteiger charge is 2.37. The second-order valence-electron chi connectivity index (χ2n) is 13.6. The molecule has 1 aliphatic rings. The fraction of sp³-hybridized carbons (Fsp3) is 0.341. The summed E-state index contributed by atoms with van der Waals surface area (Å²) in [5.74, 6) is 1.46. The molecule has 0 fully saturated rings. The van der Waals surface area contributed by atoms with E-state index in [1.165, 1.54) is 0 Å². The molecule has 3 aromatic carbocycles. The minimum atomic E-state index is -0.0952. The molecule has 0 saturated carbocycles. The quantitative estimate of drug-likeness (QED) is 0.123. The van der Waals surface area contributed by atoms with E-state index >= 15 is 4.79 Å². The summed E-state index contributed by atoms with van der Waals surface area (Å²) in [6.45, 7) is 12.2. The first-order valence-corrected chi connectivity index (χ1v) is 18.3. The van der Waals surface area contributed by atoms with Crippen molar-refractivity contribution in [1.82, 2.24) is 19.1 Å². The normalized spacial score (nSPS) is 14.4. The van der Waals surface area contributed by atoms with E-state index in [1.807, 2.05) is 75.2 Å². The second kappa shape index (κ2) is 14.5. The molecule has 0 saturated heterocycles. The number of ether oxygens (including phenoxy) is 3. The first-order chi connectivity index (χ1) is 25.0. The molecule has 0 N–H and O–H groups in total. The maximum absolute atomic E-state index is 15.2. The number of carbonyl (C=O) groups is 1. The zero-order chi connectivity index (χ0) is 36.8. The zero-order valence-electron chi connectivity index (χ0n) is 30.6. The van der Waals surface area contributed by atoms with Crippen molar-refractivity contribution in [3.05, 3.63) is 98.8 Å². The number of hydrogen-bond donors (Lipinski definition) is 0. The Labute approximate surface area is 314 Å². The predicted octanol–water partition coefficient (Wildman–Crippen LogP) is 9.48. The lowest BCUT2D eigenvalue weighted by Gasteiger charge is -2.35. The van der Waals surface area contributed by atoms with Gasteiger partial charge in [0.15, 0.2) is 0 Å². The molecule has 11 heteroatoms. The van der Waals surface area contributed by atoms with E-state index in [2.05, 4.69) is 32.1 Å². The summed E-state index contributed by atoms with van der Waals surface area (Å²) in [5.41, 5.74) is 9.65. The molecule has 52 heavy (non-hydrogen) atoms. The summed E-state index contributed by atoms with van der Waals surface area (Å²) in [6, 6.07) is 13.8. The van der Waals surface area contributed by atoms with E-state index in [-0.39, 0.29) is 11.9 Å². The van der Waals surface area contributed by atoms with Crippen molar-refractivity contribution in [3.63, 3.8) is 0 Å². The average molecular weight is 741 g/mol. The number of nitrogens with zero attached hydrogens (tertiary/aromatic N) is 5. The van der Waals surface area contributed by atoms with Crippen LogP contribution in [0.25, 0.3) is 32.9 Å². The standard InChI is InChI=1S/C41H43Cl2N5O4/c1-23-19-28(20-24(2)37(23)43)52-17-8-9-29-30-10-11-32(42)36(35-26(4)44-22-45-27(35)5)39(30)48-25(3)21-47(41(49)40(29)48)33-12-13-34(51-7)31-14-15-46(38(31)33)16-18-50-6/h10-15,19-20,22,25H,8-9,16-18,21H2,1-7H3/t25-/m1/s1.